The molecular formula is C13H14BrClFNO3. The van der Waals surface area contributed by atoms with Gasteiger partial charge in [-0.05, 0) is 48.3 Å². The number of benzene rings is 1. The molecule has 1 aromatic carbocycles. The normalized spacial score (nSPS) is 11.2. The fourth-order valence-corrected chi connectivity index (χ4v) is 2.39. The molecule has 0 saturated carbocycles. The SMILES string of the molecule is CC(C)(CCC(=O)O)NC(=O)c1cc(Cl)cc(Br)c1F. The third kappa shape index (κ3) is 4.76. The van der Waals surface area contributed by atoms with Gasteiger partial charge in [0.05, 0.1) is 10.0 Å². The minimum Gasteiger partial charge on any atom is -0.481 e. The van der Waals surface area contributed by atoms with E-state index >= 15 is 0 Å². The molecule has 110 valence electrons. The molecule has 1 aromatic rings. The zero-order valence-electron chi connectivity index (χ0n) is 11.0. The van der Waals surface area contributed by atoms with Crippen LogP contribution in [0.5, 0.6) is 0 Å². The van der Waals surface area contributed by atoms with Gasteiger partial charge in [-0.15, -0.1) is 0 Å². The molecule has 2 N–H and O–H groups in total. The van der Waals surface area contributed by atoms with Gasteiger partial charge in [0.15, 0.2) is 0 Å². The minimum absolute atomic E-state index is 0.0883. The van der Waals surface area contributed by atoms with E-state index in [0.717, 1.165) is 0 Å². The number of carbonyl (C=O) groups excluding carboxylic acids is 1. The number of carboxylic acids is 1. The molecule has 0 unspecified atom stereocenters. The number of carboxylic acid groups (broad SMARTS) is 1. The molecular weight excluding hydrogens is 353 g/mol. The Bertz CT molecular complexity index is 549. The highest BCUT2D eigenvalue weighted by Crippen LogP contribution is 2.25. The topological polar surface area (TPSA) is 66.4 Å². The second-order valence-electron chi connectivity index (χ2n) is 4.98. The summed E-state index contributed by atoms with van der Waals surface area (Å²) < 4.78 is 14.0. The smallest absolute Gasteiger partial charge is 0.303 e. The van der Waals surface area contributed by atoms with Crippen LogP contribution in [0.1, 0.15) is 37.0 Å². The second kappa shape index (κ2) is 6.54. The highest BCUT2D eigenvalue weighted by atomic mass is 79.9. The molecule has 20 heavy (non-hydrogen) atoms. The summed E-state index contributed by atoms with van der Waals surface area (Å²) in [5.74, 6) is -2.30. The Kier molecular flexibility index (Phi) is 5.53. The first-order valence-corrected chi connectivity index (χ1v) is 6.98. The summed E-state index contributed by atoms with van der Waals surface area (Å²) in [5, 5.41) is 11.5. The molecule has 0 fully saturated rings. The lowest BCUT2D eigenvalue weighted by Crippen LogP contribution is -2.44. The zero-order chi connectivity index (χ0) is 15.5. The van der Waals surface area contributed by atoms with Crippen LogP contribution in [0.4, 0.5) is 4.39 Å². The van der Waals surface area contributed by atoms with E-state index in [1.54, 1.807) is 13.8 Å². The number of rotatable bonds is 5. The van der Waals surface area contributed by atoms with Crippen LogP contribution in [0.25, 0.3) is 0 Å². The van der Waals surface area contributed by atoms with E-state index in [2.05, 4.69) is 21.2 Å². The molecule has 0 heterocycles. The van der Waals surface area contributed by atoms with Crippen molar-refractivity contribution in [3.05, 3.63) is 33.0 Å². The predicted molar refractivity (Wildman–Crippen MR) is 77.5 cm³/mol. The number of nitrogens with one attached hydrogen (secondary N) is 1. The monoisotopic (exact) mass is 365 g/mol. The van der Waals surface area contributed by atoms with Crippen molar-refractivity contribution in [2.75, 3.05) is 0 Å². The van der Waals surface area contributed by atoms with E-state index in [0.29, 0.717) is 0 Å². The summed E-state index contributed by atoms with van der Waals surface area (Å²) in [6, 6.07) is 2.58. The first-order chi connectivity index (χ1) is 9.12. The minimum atomic E-state index is -0.955. The Morgan fingerprint density at radius 2 is 2.05 bits per heavy atom. The van der Waals surface area contributed by atoms with Gasteiger partial charge >= 0.3 is 5.97 Å². The number of hydrogen-bond acceptors (Lipinski definition) is 2. The maximum absolute atomic E-state index is 13.9. The molecule has 0 aliphatic heterocycles. The fourth-order valence-electron chi connectivity index (χ4n) is 1.58. The van der Waals surface area contributed by atoms with Crippen LogP contribution in [0.3, 0.4) is 0 Å². The van der Waals surface area contributed by atoms with E-state index in [1.807, 2.05) is 0 Å². The van der Waals surface area contributed by atoms with Gasteiger partial charge in [-0.25, -0.2) is 4.39 Å². The van der Waals surface area contributed by atoms with E-state index < -0.39 is 23.2 Å². The van der Waals surface area contributed by atoms with Gasteiger partial charge < -0.3 is 10.4 Å². The van der Waals surface area contributed by atoms with Crippen LogP contribution < -0.4 is 5.32 Å². The largest absolute Gasteiger partial charge is 0.481 e. The van der Waals surface area contributed by atoms with Crippen LogP contribution in [-0.2, 0) is 4.79 Å². The standard InChI is InChI=1S/C13H14BrClFNO3/c1-13(2,4-3-10(18)19)17-12(20)8-5-7(15)6-9(14)11(8)16/h5-6H,3-4H2,1-2H3,(H,17,20)(H,18,19). The van der Waals surface area contributed by atoms with Gasteiger partial charge in [-0.3, -0.25) is 9.59 Å². The lowest BCUT2D eigenvalue weighted by atomic mass is 9.97. The number of aliphatic carboxylic acids is 1. The number of halogens is 3. The van der Waals surface area contributed by atoms with Crippen molar-refractivity contribution in [3.63, 3.8) is 0 Å². The van der Waals surface area contributed by atoms with Gasteiger partial charge in [0.1, 0.15) is 5.82 Å². The lowest BCUT2D eigenvalue weighted by Gasteiger charge is -2.25. The van der Waals surface area contributed by atoms with Crippen LogP contribution >= 0.6 is 27.5 Å². The van der Waals surface area contributed by atoms with E-state index in [1.165, 1.54) is 12.1 Å². The van der Waals surface area contributed by atoms with Crippen molar-refractivity contribution >= 4 is 39.4 Å². The summed E-state index contributed by atoms with van der Waals surface area (Å²) in [6.07, 6.45) is 0.145. The molecule has 1 amide bonds. The molecule has 0 aliphatic carbocycles. The molecule has 0 radical (unpaired) electrons. The number of hydrogen-bond donors (Lipinski definition) is 2. The second-order valence-corrected chi connectivity index (χ2v) is 6.27. The lowest BCUT2D eigenvalue weighted by molar-refractivity contribution is -0.137. The Labute approximate surface area is 129 Å². The average molecular weight is 367 g/mol. The highest BCUT2D eigenvalue weighted by Gasteiger charge is 2.24. The van der Waals surface area contributed by atoms with Gasteiger partial charge in [-0.1, -0.05) is 11.6 Å². The average Bonchev–Trinajstić information content (AvgIpc) is 2.30. The third-order valence-electron chi connectivity index (χ3n) is 2.65. The van der Waals surface area contributed by atoms with Crippen molar-refractivity contribution in [1.82, 2.24) is 5.32 Å². The maximum atomic E-state index is 13.9. The molecule has 0 saturated heterocycles. The molecule has 0 bridgehead atoms. The van der Waals surface area contributed by atoms with Gasteiger partial charge in [0.25, 0.3) is 5.91 Å². The Hall–Kier alpha value is -1.14. The molecule has 0 aromatic heterocycles. The van der Waals surface area contributed by atoms with Crippen LogP contribution in [0.15, 0.2) is 16.6 Å². The third-order valence-corrected chi connectivity index (χ3v) is 3.45. The Balaban J connectivity index is 2.88. The summed E-state index contributed by atoms with van der Waals surface area (Å²) in [5.41, 5.74) is -0.954. The summed E-state index contributed by atoms with van der Waals surface area (Å²) in [7, 11) is 0. The van der Waals surface area contributed by atoms with Gasteiger partial charge in [0.2, 0.25) is 0 Å². The summed E-state index contributed by atoms with van der Waals surface area (Å²) in [4.78, 5) is 22.6. The van der Waals surface area contributed by atoms with Crippen molar-refractivity contribution in [2.45, 2.75) is 32.2 Å². The van der Waals surface area contributed by atoms with Crippen LogP contribution in [0.2, 0.25) is 5.02 Å². The van der Waals surface area contributed by atoms with Gasteiger partial charge in [-0.2, -0.15) is 0 Å². The Morgan fingerprint density at radius 3 is 2.60 bits per heavy atom. The zero-order valence-corrected chi connectivity index (χ0v) is 13.3. The highest BCUT2D eigenvalue weighted by molar-refractivity contribution is 9.10. The number of amides is 1. The van der Waals surface area contributed by atoms with E-state index in [9.17, 15) is 14.0 Å². The fraction of sp³-hybridized carbons (Fsp3) is 0.385. The molecule has 0 atom stereocenters. The van der Waals surface area contributed by atoms with Crippen LogP contribution in [-0.4, -0.2) is 22.5 Å². The van der Waals surface area contributed by atoms with Crippen molar-refractivity contribution in [2.24, 2.45) is 0 Å². The molecule has 1 rings (SSSR count). The van der Waals surface area contributed by atoms with Gasteiger partial charge in [0, 0.05) is 17.0 Å². The maximum Gasteiger partial charge on any atom is 0.303 e. The van der Waals surface area contributed by atoms with Crippen LogP contribution in [0, 0.1) is 5.82 Å². The quantitative estimate of drug-likeness (QED) is 0.782. The first kappa shape index (κ1) is 16.9. The molecule has 4 nitrogen and oxygen atoms in total. The number of carbonyl (C=O) groups is 2. The molecule has 0 aliphatic rings. The Morgan fingerprint density at radius 1 is 1.45 bits per heavy atom. The summed E-state index contributed by atoms with van der Waals surface area (Å²) >= 11 is 8.76. The van der Waals surface area contributed by atoms with Crippen molar-refractivity contribution in [1.29, 1.82) is 0 Å². The molecule has 0 spiro atoms. The first-order valence-electron chi connectivity index (χ1n) is 5.81. The molecule has 7 heteroatoms. The van der Waals surface area contributed by atoms with Crippen molar-refractivity contribution < 1.29 is 19.1 Å². The van der Waals surface area contributed by atoms with E-state index in [4.69, 9.17) is 16.7 Å². The van der Waals surface area contributed by atoms with Crippen molar-refractivity contribution in [3.8, 4) is 0 Å². The summed E-state index contributed by atoms with van der Waals surface area (Å²) in [6.45, 7) is 3.34. The predicted octanol–water partition coefficient (Wildman–Crippen LogP) is 3.61. The van der Waals surface area contributed by atoms with E-state index in [-0.39, 0.29) is 27.9 Å².